The molecular formula is C11H23NO. The summed E-state index contributed by atoms with van der Waals surface area (Å²) in [6, 6.07) is 0. The molecule has 0 unspecified atom stereocenters. The van der Waals surface area contributed by atoms with E-state index in [4.69, 9.17) is 4.74 Å². The summed E-state index contributed by atoms with van der Waals surface area (Å²) in [6.07, 6.45) is 5.80. The molecule has 0 radical (unpaired) electrons. The average Bonchev–Trinajstić information content (AvgIpc) is 2.15. The molecule has 0 bridgehead atoms. The van der Waals surface area contributed by atoms with Crippen LogP contribution in [0.5, 0.6) is 0 Å². The topological polar surface area (TPSA) is 21.3 Å². The molecule has 2 nitrogen and oxygen atoms in total. The van der Waals surface area contributed by atoms with E-state index in [-0.39, 0.29) is 0 Å². The monoisotopic (exact) mass is 185 g/mol. The number of hydrogen-bond acceptors (Lipinski definition) is 2. The Labute approximate surface area is 82.0 Å². The van der Waals surface area contributed by atoms with Gasteiger partial charge in [0.2, 0.25) is 0 Å². The van der Waals surface area contributed by atoms with Crippen LogP contribution < -0.4 is 5.32 Å². The van der Waals surface area contributed by atoms with Crippen molar-refractivity contribution < 1.29 is 4.74 Å². The molecule has 0 heterocycles. The Bertz CT molecular complexity index is 119. The van der Waals surface area contributed by atoms with Crippen LogP contribution in [-0.2, 0) is 4.74 Å². The average molecular weight is 185 g/mol. The van der Waals surface area contributed by atoms with Crippen LogP contribution >= 0.6 is 0 Å². The molecule has 1 fully saturated rings. The normalized spacial score (nSPS) is 29.1. The molecule has 0 spiro atoms. The van der Waals surface area contributed by atoms with E-state index >= 15 is 0 Å². The van der Waals surface area contributed by atoms with Crippen LogP contribution in [0.4, 0.5) is 0 Å². The Morgan fingerprint density at radius 3 is 2.54 bits per heavy atom. The maximum atomic E-state index is 5.77. The van der Waals surface area contributed by atoms with Crippen LogP contribution in [-0.4, -0.2) is 25.8 Å². The van der Waals surface area contributed by atoms with Gasteiger partial charge >= 0.3 is 0 Å². The van der Waals surface area contributed by atoms with E-state index in [1.807, 2.05) is 0 Å². The maximum Gasteiger partial charge on any atom is 0.0594 e. The molecule has 78 valence electrons. The lowest BCUT2D eigenvalue weighted by molar-refractivity contribution is 0.0218. The summed E-state index contributed by atoms with van der Waals surface area (Å²) < 4.78 is 5.77. The molecule has 13 heavy (non-hydrogen) atoms. The molecule has 0 amide bonds. The lowest BCUT2D eigenvalue weighted by Crippen LogP contribution is -2.25. The van der Waals surface area contributed by atoms with E-state index in [2.05, 4.69) is 19.2 Å². The van der Waals surface area contributed by atoms with E-state index in [1.165, 1.54) is 25.7 Å². The van der Waals surface area contributed by atoms with Crippen LogP contribution in [0.15, 0.2) is 0 Å². The third-order valence-corrected chi connectivity index (χ3v) is 2.85. The van der Waals surface area contributed by atoms with Crippen LogP contribution in [0.3, 0.4) is 0 Å². The maximum absolute atomic E-state index is 5.77. The molecule has 0 aromatic rings. The van der Waals surface area contributed by atoms with Crippen molar-refractivity contribution in [2.75, 3.05) is 19.7 Å². The molecule has 1 N–H and O–H groups in total. The second-order valence-electron chi connectivity index (χ2n) is 4.11. The highest BCUT2D eigenvalue weighted by Crippen LogP contribution is 2.25. The van der Waals surface area contributed by atoms with Gasteiger partial charge in [0, 0.05) is 6.54 Å². The fraction of sp³-hybridized carbons (Fsp3) is 1.00. The minimum Gasteiger partial charge on any atom is -0.377 e. The van der Waals surface area contributed by atoms with Gasteiger partial charge in [-0.25, -0.2) is 0 Å². The summed E-state index contributed by atoms with van der Waals surface area (Å²) in [5.41, 5.74) is 0. The molecule has 0 atom stereocenters. The molecule has 0 aromatic heterocycles. The van der Waals surface area contributed by atoms with Gasteiger partial charge in [-0.05, 0) is 38.1 Å². The molecule has 0 aliphatic heterocycles. The smallest absolute Gasteiger partial charge is 0.0594 e. The van der Waals surface area contributed by atoms with Crippen molar-refractivity contribution in [3.8, 4) is 0 Å². The van der Waals surface area contributed by atoms with Crippen LogP contribution in [0.25, 0.3) is 0 Å². The van der Waals surface area contributed by atoms with Gasteiger partial charge in [-0.2, -0.15) is 0 Å². The van der Waals surface area contributed by atoms with E-state index < -0.39 is 0 Å². The summed E-state index contributed by atoms with van der Waals surface area (Å²) in [7, 11) is 0. The molecule has 1 saturated carbocycles. The van der Waals surface area contributed by atoms with Crippen molar-refractivity contribution in [3.05, 3.63) is 0 Å². The third-order valence-electron chi connectivity index (χ3n) is 2.85. The summed E-state index contributed by atoms with van der Waals surface area (Å²) in [4.78, 5) is 0. The lowest BCUT2D eigenvalue weighted by Gasteiger charge is -2.26. The molecule has 1 rings (SSSR count). The van der Waals surface area contributed by atoms with Gasteiger partial charge in [0.15, 0.2) is 0 Å². The Balaban J connectivity index is 1.96. The standard InChI is InChI=1S/C11H23NO/c1-3-12-8-9-13-11-6-4-10(2)5-7-11/h10-12H,3-9H2,1-2H3. The minimum atomic E-state index is 0.551. The van der Waals surface area contributed by atoms with Crippen LogP contribution in [0, 0.1) is 5.92 Å². The Morgan fingerprint density at radius 1 is 1.23 bits per heavy atom. The molecule has 0 saturated heterocycles. The van der Waals surface area contributed by atoms with Gasteiger partial charge in [0.05, 0.1) is 12.7 Å². The van der Waals surface area contributed by atoms with Crippen LogP contribution in [0.1, 0.15) is 39.5 Å². The van der Waals surface area contributed by atoms with E-state index in [1.54, 1.807) is 0 Å². The van der Waals surface area contributed by atoms with Crippen molar-refractivity contribution in [1.29, 1.82) is 0 Å². The van der Waals surface area contributed by atoms with Crippen molar-refractivity contribution in [1.82, 2.24) is 5.32 Å². The lowest BCUT2D eigenvalue weighted by atomic mass is 9.89. The molecule has 1 aliphatic carbocycles. The number of hydrogen-bond donors (Lipinski definition) is 1. The predicted molar refractivity (Wildman–Crippen MR) is 55.9 cm³/mol. The first-order chi connectivity index (χ1) is 6.33. The van der Waals surface area contributed by atoms with Gasteiger partial charge in [0.1, 0.15) is 0 Å². The molecule has 0 aromatic carbocycles. The summed E-state index contributed by atoms with van der Waals surface area (Å²) in [5.74, 6) is 0.925. The first-order valence-electron chi connectivity index (χ1n) is 5.65. The van der Waals surface area contributed by atoms with E-state index in [0.29, 0.717) is 6.10 Å². The third kappa shape index (κ3) is 4.63. The van der Waals surface area contributed by atoms with Crippen molar-refractivity contribution in [2.24, 2.45) is 5.92 Å². The Morgan fingerprint density at radius 2 is 1.92 bits per heavy atom. The number of ether oxygens (including phenoxy) is 1. The first kappa shape index (κ1) is 11.0. The fourth-order valence-corrected chi connectivity index (χ4v) is 1.87. The quantitative estimate of drug-likeness (QED) is 0.663. The minimum absolute atomic E-state index is 0.551. The highest BCUT2D eigenvalue weighted by molar-refractivity contribution is 4.69. The predicted octanol–water partition coefficient (Wildman–Crippen LogP) is 2.19. The van der Waals surface area contributed by atoms with E-state index in [9.17, 15) is 0 Å². The van der Waals surface area contributed by atoms with Crippen LogP contribution in [0.2, 0.25) is 0 Å². The summed E-state index contributed by atoms with van der Waals surface area (Å²) in [6.45, 7) is 7.40. The van der Waals surface area contributed by atoms with Crippen molar-refractivity contribution in [3.63, 3.8) is 0 Å². The van der Waals surface area contributed by atoms with Gasteiger partial charge in [0.25, 0.3) is 0 Å². The Hall–Kier alpha value is -0.0800. The van der Waals surface area contributed by atoms with Gasteiger partial charge in [-0.3, -0.25) is 0 Å². The highest BCUT2D eigenvalue weighted by atomic mass is 16.5. The summed E-state index contributed by atoms with van der Waals surface area (Å²) in [5, 5.41) is 3.27. The van der Waals surface area contributed by atoms with Crippen molar-refractivity contribution >= 4 is 0 Å². The number of rotatable bonds is 5. The second-order valence-corrected chi connectivity index (χ2v) is 4.11. The largest absolute Gasteiger partial charge is 0.377 e. The van der Waals surface area contributed by atoms with Gasteiger partial charge in [-0.1, -0.05) is 13.8 Å². The fourth-order valence-electron chi connectivity index (χ4n) is 1.87. The van der Waals surface area contributed by atoms with Gasteiger partial charge in [-0.15, -0.1) is 0 Å². The zero-order chi connectivity index (χ0) is 9.52. The van der Waals surface area contributed by atoms with Crippen molar-refractivity contribution in [2.45, 2.75) is 45.6 Å². The SMILES string of the molecule is CCNCCOC1CCC(C)CC1. The highest BCUT2D eigenvalue weighted by Gasteiger charge is 2.17. The van der Waals surface area contributed by atoms with Gasteiger partial charge < -0.3 is 10.1 Å². The zero-order valence-corrected chi connectivity index (χ0v) is 9.01. The second kappa shape index (κ2) is 6.39. The number of likely N-dealkylation sites (N-methyl/N-ethyl adjacent to an activating group) is 1. The zero-order valence-electron chi connectivity index (χ0n) is 9.01. The molecular weight excluding hydrogens is 162 g/mol. The van der Waals surface area contributed by atoms with E-state index in [0.717, 1.165) is 25.6 Å². The first-order valence-corrected chi connectivity index (χ1v) is 5.65. The Kier molecular flexibility index (Phi) is 5.40. The molecule has 2 heteroatoms. The summed E-state index contributed by atoms with van der Waals surface area (Å²) >= 11 is 0. The molecule has 1 aliphatic rings. The number of nitrogens with one attached hydrogen (secondary N) is 1.